The van der Waals surface area contributed by atoms with Gasteiger partial charge in [-0.2, -0.15) is 0 Å². The maximum Gasteiger partial charge on any atom is 0.313 e. The molecule has 0 unspecified atom stereocenters. The number of carboxylic acid groups (broad SMARTS) is 1. The van der Waals surface area contributed by atoms with Crippen molar-refractivity contribution >= 4 is 51.5 Å². The quantitative estimate of drug-likeness (QED) is 0.809. The van der Waals surface area contributed by atoms with Gasteiger partial charge in [0, 0.05) is 0 Å². The van der Waals surface area contributed by atoms with Crippen LogP contribution in [0.4, 0.5) is 0 Å². The molecular formula is C8H7NO3S3. The van der Waals surface area contributed by atoms with E-state index in [-0.39, 0.29) is 16.0 Å². The molecule has 0 radical (unpaired) electrons. The molecule has 0 atom stereocenters. The van der Waals surface area contributed by atoms with Crippen molar-refractivity contribution in [2.75, 3.05) is 5.75 Å². The van der Waals surface area contributed by atoms with E-state index in [0.717, 1.165) is 11.8 Å². The lowest BCUT2D eigenvalue weighted by atomic mass is 10.4. The van der Waals surface area contributed by atoms with Crippen molar-refractivity contribution in [3.8, 4) is 0 Å². The van der Waals surface area contributed by atoms with E-state index < -0.39 is 5.97 Å². The molecule has 0 fully saturated rings. The number of thiophene rings is 1. The average molecular weight is 261 g/mol. The van der Waals surface area contributed by atoms with Gasteiger partial charge in [0.25, 0.3) is 5.91 Å². The lowest BCUT2D eigenvalue weighted by molar-refractivity contribution is -0.133. The average Bonchev–Trinajstić information content (AvgIpc) is 2.67. The molecule has 0 aliphatic heterocycles. The van der Waals surface area contributed by atoms with Gasteiger partial charge < -0.3 is 10.4 Å². The summed E-state index contributed by atoms with van der Waals surface area (Å²) < 4.78 is 0.177. The molecule has 0 aliphatic carbocycles. The molecule has 2 N–H and O–H groups in total. The highest BCUT2D eigenvalue weighted by Gasteiger charge is 2.09. The minimum Gasteiger partial charge on any atom is -0.481 e. The van der Waals surface area contributed by atoms with Crippen LogP contribution in [0.1, 0.15) is 9.67 Å². The molecule has 1 aromatic rings. The summed E-state index contributed by atoms with van der Waals surface area (Å²) in [6.45, 7) is 0. The molecule has 7 heteroatoms. The largest absolute Gasteiger partial charge is 0.481 e. The van der Waals surface area contributed by atoms with Gasteiger partial charge in [-0.3, -0.25) is 9.59 Å². The highest BCUT2D eigenvalue weighted by molar-refractivity contribution is 8.23. The van der Waals surface area contributed by atoms with Crippen molar-refractivity contribution in [1.82, 2.24) is 5.32 Å². The van der Waals surface area contributed by atoms with Crippen molar-refractivity contribution in [2.24, 2.45) is 0 Å². The summed E-state index contributed by atoms with van der Waals surface area (Å²) in [7, 11) is 0. The van der Waals surface area contributed by atoms with E-state index in [2.05, 4.69) is 5.32 Å². The number of carbonyl (C=O) groups excluding carboxylic acids is 1. The number of carboxylic acids is 1. The molecule has 0 saturated carbocycles. The molecule has 15 heavy (non-hydrogen) atoms. The van der Waals surface area contributed by atoms with Crippen LogP contribution in [0.5, 0.6) is 0 Å². The second-order valence-corrected chi connectivity index (χ2v) is 5.00. The zero-order valence-electron chi connectivity index (χ0n) is 7.43. The lowest BCUT2D eigenvalue weighted by Gasteiger charge is -2.02. The minimum atomic E-state index is -0.965. The van der Waals surface area contributed by atoms with Gasteiger partial charge in [0.1, 0.15) is 4.32 Å². The Morgan fingerprint density at radius 2 is 2.33 bits per heavy atom. The summed E-state index contributed by atoms with van der Waals surface area (Å²) in [5.41, 5.74) is 0. The summed E-state index contributed by atoms with van der Waals surface area (Å²) >= 11 is 7.01. The summed E-state index contributed by atoms with van der Waals surface area (Å²) in [6.07, 6.45) is 0. The van der Waals surface area contributed by atoms with Gasteiger partial charge in [-0.1, -0.05) is 30.0 Å². The zero-order valence-corrected chi connectivity index (χ0v) is 9.88. The van der Waals surface area contributed by atoms with E-state index in [0.29, 0.717) is 4.88 Å². The van der Waals surface area contributed by atoms with Gasteiger partial charge in [-0.15, -0.1) is 11.3 Å². The number of hydrogen-bond acceptors (Lipinski definition) is 5. The van der Waals surface area contributed by atoms with Crippen molar-refractivity contribution in [2.45, 2.75) is 0 Å². The zero-order chi connectivity index (χ0) is 11.3. The van der Waals surface area contributed by atoms with Crippen LogP contribution < -0.4 is 5.32 Å². The molecular weight excluding hydrogens is 254 g/mol. The van der Waals surface area contributed by atoms with Crippen molar-refractivity contribution in [3.63, 3.8) is 0 Å². The SMILES string of the molecule is O=C(O)CSC(=S)NC(=O)c1cccs1. The molecule has 4 nitrogen and oxygen atoms in total. The van der Waals surface area contributed by atoms with Gasteiger partial charge in [0.2, 0.25) is 0 Å². The van der Waals surface area contributed by atoms with Crippen LogP contribution in [-0.2, 0) is 4.79 Å². The number of thioether (sulfide) groups is 1. The van der Waals surface area contributed by atoms with Crippen LogP contribution in [0.25, 0.3) is 0 Å². The molecule has 0 spiro atoms. The Kier molecular flexibility index (Phi) is 4.73. The number of amides is 1. The Labute approximate surface area is 99.7 Å². The predicted molar refractivity (Wildman–Crippen MR) is 64.5 cm³/mol. The van der Waals surface area contributed by atoms with E-state index in [1.807, 2.05) is 0 Å². The van der Waals surface area contributed by atoms with E-state index in [9.17, 15) is 9.59 Å². The number of thiocarbonyl (C=S) groups is 1. The molecule has 1 aromatic heterocycles. The third-order valence-electron chi connectivity index (χ3n) is 1.29. The Morgan fingerprint density at radius 3 is 2.87 bits per heavy atom. The monoisotopic (exact) mass is 261 g/mol. The smallest absolute Gasteiger partial charge is 0.313 e. The fourth-order valence-electron chi connectivity index (χ4n) is 0.725. The van der Waals surface area contributed by atoms with Crippen LogP contribution >= 0.6 is 35.3 Å². The van der Waals surface area contributed by atoms with Crippen LogP contribution in [0.2, 0.25) is 0 Å². The highest BCUT2D eigenvalue weighted by Crippen LogP contribution is 2.09. The summed E-state index contributed by atoms with van der Waals surface area (Å²) in [4.78, 5) is 22.2. The molecule has 80 valence electrons. The third kappa shape index (κ3) is 4.41. The van der Waals surface area contributed by atoms with Crippen LogP contribution in [0.3, 0.4) is 0 Å². The fraction of sp³-hybridized carbons (Fsp3) is 0.125. The third-order valence-corrected chi connectivity index (χ3v) is 3.37. The number of hydrogen-bond donors (Lipinski definition) is 2. The first kappa shape index (κ1) is 12.2. The predicted octanol–water partition coefficient (Wildman–Crippen LogP) is 1.58. The number of aliphatic carboxylic acids is 1. The standard InChI is InChI=1S/C8H7NO3S3/c10-6(11)4-15-8(13)9-7(12)5-2-1-3-14-5/h1-3H,4H2,(H,10,11)(H,9,12,13). The van der Waals surface area contributed by atoms with Crippen molar-refractivity contribution in [1.29, 1.82) is 0 Å². The highest BCUT2D eigenvalue weighted by atomic mass is 32.2. The molecule has 0 aliphatic rings. The van der Waals surface area contributed by atoms with Crippen LogP contribution in [-0.4, -0.2) is 27.1 Å². The first-order chi connectivity index (χ1) is 7.09. The Morgan fingerprint density at radius 1 is 1.60 bits per heavy atom. The number of nitrogens with one attached hydrogen (secondary N) is 1. The molecule has 0 aromatic carbocycles. The van der Waals surface area contributed by atoms with Crippen LogP contribution in [0, 0.1) is 0 Å². The number of carbonyl (C=O) groups is 2. The number of rotatable bonds is 3. The van der Waals surface area contributed by atoms with Gasteiger partial charge >= 0.3 is 5.97 Å². The maximum absolute atomic E-state index is 11.4. The van der Waals surface area contributed by atoms with E-state index >= 15 is 0 Å². The Bertz CT molecular complexity index is 374. The summed E-state index contributed by atoms with van der Waals surface area (Å²) in [5, 5.41) is 12.6. The molecule has 0 saturated heterocycles. The first-order valence-corrected chi connectivity index (χ1v) is 6.10. The molecule has 1 amide bonds. The summed E-state index contributed by atoms with van der Waals surface area (Å²) in [6, 6.07) is 3.43. The van der Waals surface area contributed by atoms with E-state index in [4.69, 9.17) is 17.3 Å². The molecule has 1 heterocycles. The lowest BCUT2D eigenvalue weighted by Crippen LogP contribution is -2.26. The Balaban J connectivity index is 2.39. The van der Waals surface area contributed by atoms with Crippen molar-refractivity contribution in [3.05, 3.63) is 22.4 Å². The topological polar surface area (TPSA) is 66.4 Å². The normalized spacial score (nSPS) is 9.60. The molecule has 0 bridgehead atoms. The van der Waals surface area contributed by atoms with Gasteiger partial charge in [-0.05, 0) is 11.4 Å². The van der Waals surface area contributed by atoms with Crippen LogP contribution in [0.15, 0.2) is 17.5 Å². The Hall–Kier alpha value is -0.920. The first-order valence-electron chi connectivity index (χ1n) is 3.83. The van der Waals surface area contributed by atoms with E-state index in [1.165, 1.54) is 11.3 Å². The fourth-order valence-corrected chi connectivity index (χ4v) is 2.03. The van der Waals surface area contributed by atoms with E-state index in [1.54, 1.807) is 17.5 Å². The van der Waals surface area contributed by atoms with Gasteiger partial charge in [-0.25, -0.2) is 0 Å². The van der Waals surface area contributed by atoms with Gasteiger partial charge in [0.15, 0.2) is 0 Å². The minimum absolute atomic E-state index is 0.149. The maximum atomic E-state index is 11.4. The molecule has 1 rings (SSSR count). The second-order valence-electron chi connectivity index (χ2n) is 2.40. The van der Waals surface area contributed by atoms with Gasteiger partial charge in [0.05, 0.1) is 10.6 Å². The van der Waals surface area contributed by atoms with Crippen molar-refractivity contribution < 1.29 is 14.7 Å². The second kappa shape index (κ2) is 5.84. The summed E-state index contributed by atoms with van der Waals surface area (Å²) in [5.74, 6) is -1.41.